The van der Waals surface area contributed by atoms with Crippen molar-refractivity contribution in [3.63, 3.8) is 0 Å². The van der Waals surface area contributed by atoms with Gasteiger partial charge in [0.15, 0.2) is 73.0 Å². The van der Waals surface area contributed by atoms with Crippen molar-refractivity contribution in [1.29, 1.82) is 5.26 Å². The molecule has 0 aromatic carbocycles. The monoisotopic (exact) mass is 2240 g/mol. The topological polar surface area (TPSA) is 492 Å². The number of rotatable bonds is 23. The van der Waals surface area contributed by atoms with Gasteiger partial charge in [-0.1, -0.05) is 155 Å². The van der Waals surface area contributed by atoms with E-state index in [1.54, 1.807) is 171 Å². The van der Waals surface area contributed by atoms with Gasteiger partial charge in [-0.25, -0.2) is 84.5 Å². The fourth-order valence-electron chi connectivity index (χ4n) is 9.58. The Labute approximate surface area is 928 Å². The molecule has 0 bridgehead atoms. The number of allylic oxidation sites excluding steroid dienone is 2. The zero-order chi connectivity index (χ0) is 105. The smallest absolute Gasteiger partial charge is 1.00 e. The molecule has 4 N–H and O–H groups in total. The number of amides is 1. The Morgan fingerprint density at radius 3 is 1.16 bits per heavy atom. The van der Waals surface area contributed by atoms with Crippen LogP contribution >= 0.6 is 39.8 Å². The maximum atomic E-state index is 13.8. The van der Waals surface area contributed by atoms with Crippen LogP contribution in [-0.2, 0) is 27.6 Å². The molecule has 45 heteroatoms. The maximum absolute atomic E-state index is 13.8. The molecule has 8 aromatic rings. The van der Waals surface area contributed by atoms with Crippen LogP contribution in [0.15, 0.2) is 158 Å². The molecule has 1 saturated heterocycles. The second kappa shape index (κ2) is 78.1. The number of thiol groups is 1. The normalized spacial score (nSPS) is 13.8. The number of likely N-dealkylation sites (tertiary alicyclic amines) is 1. The average Bonchev–Trinajstić information content (AvgIpc) is 1.66. The van der Waals surface area contributed by atoms with E-state index in [1.807, 2.05) is 39.8 Å². The molecule has 34 nitrogen and oxygen atoms in total. The summed E-state index contributed by atoms with van der Waals surface area (Å²) in [6.45, 7) is 68.0. The number of halogens is 3. The quantitative estimate of drug-likeness (QED) is 0.00879. The van der Waals surface area contributed by atoms with Gasteiger partial charge in [-0.05, 0) is 196 Å². The third kappa shape index (κ3) is 61.4. The van der Waals surface area contributed by atoms with Crippen LogP contribution in [0.4, 0.5) is 4.79 Å². The summed E-state index contributed by atoms with van der Waals surface area (Å²) in [5.41, 5.74) is 5.26. The molecule has 143 heavy (non-hydrogen) atoms. The summed E-state index contributed by atoms with van der Waals surface area (Å²) in [5.74, 6) is 1.71. The second-order valence-corrected chi connectivity index (χ2v) is 60.4. The number of alkyl halides is 1. The van der Waals surface area contributed by atoms with Gasteiger partial charge >= 0.3 is 83.5 Å². The Balaban J connectivity index is -0.000000178. The molecule has 1 amide bonds. The zero-order valence-electron chi connectivity index (χ0n) is 87.7. The molecule has 9 rings (SSSR count). The average molecular weight is 2240 g/mol. The molecule has 0 saturated carbocycles. The number of ether oxygens (including phenoxy) is 1. The second-order valence-electron chi connectivity index (χ2n) is 37.2. The first-order chi connectivity index (χ1) is 63.0. The van der Waals surface area contributed by atoms with Gasteiger partial charge in [0.2, 0.25) is 23.2 Å². The van der Waals surface area contributed by atoms with E-state index >= 15 is 0 Å². The van der Waals surface area contributed by atoms with Gasteiger partial charge in [-0.2, -0.15) is 23.3 Å². The Hall–Kier alpha value is -7.18. The summed E-state index contributed by atoms with van der Waals surface area (Å²) in [6, 6.07) is 15.2. The number of aliphatic hydroxyl groups excluding tert-OH is 2. The van der Waals surface area contributed by atoms with Crippen LogP contribution in [0.5, 0.6) is 0 Å². The van der Waals surface area contributed by atoms with Crippen molar-refractivity contribution >= 4 is 150 Å². The minimum atomic E-state index is -2.13. The van der Waals surface area contributed by atoms with Crippen LogP contribution < -0.4 is 57.4 Å². The minimum Gasteiger partial charge on any atom is -1.00 e. The number of nitriles is 1. The van der Waals surface area contributed by atoms with Gasteiger partial charge in [0.05, 0.1) is 35.6 Å². The maximum Gasteiger partial charge on any atom is 2.00 e. The molecule has 9 heterocycles. The molecule has 1 radical (unpaired) electrons. The molecule has 8 aromatic heterocycles. The van der Waals surface area contributed by atoms with Crippen LogP contribution in [-0.4, -0.2) is 253 Å². The first-order valence-corrected chi connectivity index (χ1v) is 58.1. The van der Waals surface area contributed by atoms with Crippen LogP contribution in [0, 0.1) is 18.3 Å². The van der Waals surface area contributed by atoms with E-state index in [-0.39, 0.29) is 190 Å². The van der Waals surface area contributed by atoms with E-state index in [2.05, 4.69) is 263 Å². The SMILES string of the molecule is C.C.C.C.C/C=C(\C)c1ncccn1.CC(Br)C(=O)c1ncccn1.CC(C)(C)[Si](C)(C)Cl.CC(O)C(=O)c1ncccn1.CC(O[Si](C)(C)C(C)(C)C)C(=O)c1ncccn1.CC(O[Si](C)(C)C(C)(C)C)C(CC(=O)C1(CO)CCCN1C(=O)OC(C)(C)C)c1ncccn1.CC(O[Si](C)(C)C(C)(C)C)C(N)c1ncccn1.CCC(=O)c1ncccn1.N#Cc1ncccn1.O=C[O-].[B]=NS.[Br-].[CH2-]C.[Mg+2].[Na+]. The third-order valence-electron chi connectivity index (χ3n) is 21.4. The number of Topliss-reactive ketones (excluding diaryl/α,β-unsaturated/α-hetero) is 5. The minimum absolute atomic E-state index is 0. The number of aliphatic hydroxyl groups is 2. The van der Waals surface area contributed by atoms with Gasteiger partial charge < -0.3 is 67.8 Å². The number of aromatic nitrogens is 16. The summed E-state index contributed by atoms with van der Waals surface area (Å²) in [4.78, 5) is 144. The van der Waals surface area contributed by atoms with Crippen molar-refractivity contribution in [3.8, 4) is 6.07 Å². The molecule has 1 aliphatic heterocycles. The third-order valence-corrected chi connectivity index (χ3v) is 40.8. The Bertz CT molecular complexity index is 4740. The number of ketones is 5. The van der Waals surface area contributed by atoms with Gasteiger partial charge in [0.1, 0.15) is 41.1 Å². The summed E-state index contributed by atoms with van der Waals surface area (Å²) in [6.07, 6.45) is 26.6. The number of carbonyl (C=O) groups excluding carboxylic acids is 7. The summed E-state index contributed by atoms with van der Waals surface area (Å²) < 4.78 is 27.2. The zero-order valence-corrected chi connectivity index (χ0v) is 100.0. The van der Waals surface area contributed by atoms with Crippen molar-refractivity contribution in [2.45, 2.75) is 346 Å². The Morgan fingerprint density at radius 2 is 0.874 bits per heavy atom. The molecule has 789 valence electrons. The van der Waals surface area contributed by atoms with Crippen LogP contribution in [0.1, 0.15) is 299 Å². The van der Waals surface area contributed by atoms with Crippen LogP contribution in [0.2, 0.25) is 72.5 Å². The van der Waals surface area contributed by atoms with Gasteiger partial charge in [0.25, 0.3) is 0 Å². The summed E-state index contributed by atoms with van der Waals surface area (Å²) in [5, 5.41) is 36.3. The number of nitrogens with zero attached hydrogens (tertiary/aromatic N) is 19. The number of nitrogens with two attached hydrogens (primary N) is 1. The van der Waals surface area contributed by atoms with Gasteiger partial charge in [-0.3, -0.25) is 28.9 Å². The number of hydrogen-bond donors (Lipinski definition) is 4. The van der Waals surface area contributed by atoms with Gasteiger partial charge in [0, 0.05) is 125 Å². The molecule has 1 aliphatic rings. The molecule has 8 unspecified atom stereocenters. The standard InChI is InChI=1S/C25H43N3O5Si.C13H25N3OSi.C13H22N2O2Si.C8H10N2.C7H7BrN2O.C7H8N2O2.C7H8N2O.C6H15ClSi.C5H3N3.C2H5.CH2O2.4CH4.BHNS.BrH.Mg.Na/c1-18(33-34(8,9)24(5,6)7)19(21-26-13-11-14-27-21)16-20(30)25(17-29)12-10-15-28(25)22(31)32-23(2,3)4;1-10(17-18(5,6)13(2,3)4)11(14)12-15-8-7-9-16-12;1-10(17-18(5,6)13(2,3)4)11(16)12-14-8-7-9-15-12;1-3-7(2)8-9-5-4-6-10-8;1-5(8)6(11)7-9-3-2-4-10-7;1-5(10)6(11)7-8-3-2-4-9-7;1-2-6(10)7-8-4-3-5-9-7;1-6(2,3)8(4,5)7;6-4-5-7-2-1-3-8-5;1-2;2-1-3;;;;;1-2-3;;;/h11,13-14,18-19,29H,10,12,15-17H2,1-9H3;7-11H,14H2,1-6H3;7-10H,1-6H3;3-6H,1-2H3;2-5H,1H3;2-5,10H,1H3;3-5H,2H2,1H3;1-5H3;1-3H;1H2,2H3;1H,(H,2,3);4*1H4;3H;1H;;/q;;;;;;;;;-1;;;;;;;;+2;+1/p-2/b;;;7-3+;;;;;;;;;;;;;;;. The van der Waals surface area contributed by atoms with Crippen molar-refractivity contribution < 1.29 is 113 Å². The fraction of sp³-hybridized carbons (Fsp3) is 0.561. The fourth-order valence-corrected chi connectivity index (χ4v) is 14.0. The van der Waals surface area contributed by atoms with E-state index in [1.165, 1.54) is 36.6 Å². The molecule has 1 fully saturated rings. The Kier molecular flexibility index (Phi) is 85.2. The number of carbonyl (C=O) groups is 7. The molecule has 8 atom stereocenters. The molecular formula is C98H164BBr2ClMgN20NaO14SSi4. The van der Waals surface area contributed by atoms with E-state index in [4.69, 9.17) is 55.1 Å². The summed E-state index contributed by atoms with van der Waals surface area (Å²) >= 11 is 12.5. The largest absolute Gasteiger partial charge is 2.00 e. The first-order valence-electron chi connectivity index (χ1n) is 44.1. The van der Waals surface area contributed by atoms with E-state index in [0.29, 0.717) is 48.3 Å². The van der Waals surface area contributed by atoms with E-state index in [9.17, 15) is 33.9 Å². The van der Waals surface area contributed by atoms with Crippen LogP contribution in [0.25, 0.3) is 5.57 Å². The van der Waals surface area contributed by atoms with Gasteiger partial charge in [-0.15, -0.1) is 0 Å². The summed E-state index contributed by atoms with van der Waals surface area (Å²) in [7, 11) is -2.92. The Morgan fingerprint density at radius 1 is 0.580 bits per heavy atom. The number of hydrogen-bond acceptors (Lipinski definition) is 34. The predicted molar refractivity (Wildman–Crippen MR) is 582 cm³/mol. The first kappa shape index (κ1) is 156. The molecular weight excluding hydrogens is 2080 g/mol. The predicted octanol–water partition coefficient (Wildman–Crippen LogP) is 14.2. The van der Waals surface area contributed by atoms with Crippen LogP contribution in [0.3, 0.4) is 0 Å². The van der Waals surface area contributed by atoms with Crippen molar-refractivity contribution in [2.75, 3.05) is 13.2 Å². The van der Waals surface area contributed by atoms with Crippen molar-refractivity contribution in [3.05, 3.63) is 207 Å². The van der Waals surface area contributed by atoms with Crippen molar-refractivity contribution in [2.24, 2.45) is 10.0 Å². The number of carboxylic acid groups (broad SMARTS) is 1. The molecule has 0 aliphatic carbocycles. The van der Waals surface area contributed by atoms with E-state index < -0.39 is 86.6 Å². The van der Waals surface area contributed by atoms with E-state index in [0.717, 1.165) is 11.4 Å². The van der Waals surface area contributed by atoms with Crippen molar-refractivity contribution in [1.82, 2.24) is 84.6 Å². The molecule has 0 spiro atoms.